The van der Waals surface area contributed by atoms with Gasteiger partial charge in [-0.3, -0.25) is 9.69 Å². The van der Waals surface area contributed by atoms with E-state index in [2.05, 4.69) is 26.7 Å². The molecule has 0 bridgehead atoms. The monoisotopic (exact) mass is 370 g/mol. The van der Waals surface area contributed by atoms with E-state index in [-0.39, 0.29) is 5.91 Å². The second-order valence-electron chi connectivity index (χ2n) is 7.20. The van der Waals surface area contributed by atoms with E-state index in [1.165, 1.54) is 12.8 Å². The number of nitrogens with one attached hydrogen (secondary N) is 1. The molecule has 2 heterocycles. The molecule has 1 aliphatic heterocycles. The van der Waals surface area contributed by atoms with Gasteiger partial charge in [0.15, 0.2) is 0 Å². The third-order valence-electron chi connectivity index (χ3n) is 5.22. The number of carbonyl (C=O) groups excluding carboxylic acids is 1. The fraction of sp³-hybridized carbons (Fsp3) is 0.524. The first-order chi connectivity index (χ1) is 13.2. The van der Waals surface area contributed by atoms with E-state index in [0.29, 0.717) is 12.3 Å². The zero-order valence-corrected chi connectivity index (χ0v) is 16.4. The van der Waals surface area contributed by atoms with Gasteiger partial charge >= 0.3 is 0 Å². The standard InChI is InChI=1S/C21H30N4O2/c1-3-25-12-10-22-20(25)16-24-11-4-5-18(15-24)14-23-21(26)13-17-6-8-19(27-2)9-7-17/h6-10,12,18H,3-5,11,13-16H2,1-2H3,(H,23,26). The molecule has 1 saturated heterocycles. The lowest BCUT2D eigenvalue weighted by Gasteiger charge is -2.32. The number of methoxy groups -OCH3 is 1. The average Bonchev–Trinajstić information content (AvgIpc) is 3.14. The highest BCUT2D eigenvalue weighted by atomic mass is 16.5. The predicted octanol–water partition coefficient (Wildman–Crippen LogP) is 2.48. The van der Waals surface area contributed by atoms with Gasteiger partial charge in [-0.15, -0.1) is 0 Å². The molecule has 0 saturated carbocycles. The average molecular weight is 370 g/mol. The molecule has 6 heteroatoms. The molecule has 1 atom stereocenters. The zero-order valence-electron chi connectivity index (χ0n) is 16.4. The van der Waals surface area contributed by atoms with Gasteiger partial charge in [0.05, 0.1) is 20.1 Å². The van der Waals surface area contributed by atoms with Crippen LogP contribution in [0.15, 0.2) is 36.7 Å². The molecule has 3 rings (SSSR count). The molecule has 6 nitrogen and oxygen atoms in total. The Balaban J connectivity index is 1.44. The van der Waals surface area contributed by atoms with Crippen molar-refractivity contribution < 1.29 is 9.53 Å². The molecular formula is C21H30N4O2. The first-order valence-corrected chi connectivity index (χ1v) is 9.80. The molecule has 0 spiro atoms. The summed E-state index contributed by atoms with van der Waals surface area (Å²) in [5, 5.41) is 3.11. The Morgan fingerprint density at radius 2 is 2.15 bits per heavy atom. The molecule has 1 aromatic heterocycles. The van der Waals surface area contributed by atoms with E-state index in [4.69, 9.17) is 4.74 Å². The first kappa shape index (κ1) is 19.4. The lowest BCUT2D eigenvalue weighted by Crippen LogP contribution is -2.41. The highest BCUT2D eigenvalue weighted by molar-refractivity contribution is 5.78. The van der Waals surface area contributed by atoms with Gasteiger partial charge in [0.2, 0.25) is 5.91 Å². The van der Waals surface area contributed by atoms with Crippen molar-refractivity contribution in [3.63, 3.8) is 0 Å². The summed E-state index contributed by atoms with van der Waals surface area (Å²) >= 11 is 0. The topological polar surface area (TPSA) is 59.4 Å². The van der Waals surface area contributed by atoms with Crippen LogP contribution in [0.1, 0.15) is 31.2 Å². The largest absolute Gasteiger partial charge is 0.497 e. The fourth-order valence-corrected chi connectivity index (χ4v) is 3.69. The summed E-state index contributed by atoms with van der Waals surface area (Å²) in [5.41, 5.74) is 1.00. The van der Waals surface area contributed by atoms with E-state index in [9.17, 15) is 4.79 Å². The summed E-state index contributed by atoms with van der Waals surface area (Å²) in [6.07, 6.45) is 6.66. The lowest BCUT2D eigenvalue weighted by molar-refractivity contribution is -0.120. The second kappa shape index (κ2) is 9.55. The minimum absolute atomic E-state index is 0.0822. The van der Waals surface area contributed by atoms with Gasteiger partial charge in [-0.05, 0) is 49.9 Å². The van der Waals surface area contributed by atoms with E-state index in [1.807, 2.05) is 36.7 Å². The van der Waals surface area contributed by atoms with Crippen molar-refractivity contribution in [2.75, 3.05) is 26.7 Å². The normalized spacial score (nSPS) is 17.6. The smallest absolute Gasteiger partial charge is 0.224 e. The summed E-state index contributed by atoms with van der Waals surface area (Å²) in [7, 11) is 1.64. The number of aryl methyl sites for hydroxylation is 1. The quantitative estimate of drug-likeness (QED) is 0.776. The minimum Gasteiger partial charge on any atom is -0.497 e. The van der Waals surface area contributed by atoms with Gasteiger partial charge in [-0.25, -0.2) is 4.98 Å². The number of benzene rings is 1. The van der Waals surface area contributed by atoms with Crippen LogP contribution in [-0.4, -0.2) is 47.1 Å². The number of amides is 1. The van der Waals surface area contributed by atoms with Crippen molar-refractivity contribution in [3.05, 3.63) is 48.0 Å². The molecule has 1 aliphatic rings. The number of hydrogen-bond donors (Lipinski definition) is 1. The van der Waals surface area contributed by atoms with Gasteiger partial charge in [0.1, 0.15) is 11.6 Å². The third kappa shape index (κ3) is 5.57. The van der Waals surface area contributed by atoms with Crippen LogP contribution in [0, 0.1) is 5.92 Å². The number of nitrogens with zero attached hydrogens (tertiary/aromatic N) is 3. The maximum atomic E-state index is 12.3. The third-order valence-corrected chi connectivity index (χ3v) is 5.22. The molecule has 1 aromatic carbocycles. The zero-order chi connectivity index (χ0) is 19.1. The Morgan fingerprint density at radius 1 is 1.33 bits per heavy atom. The minimum atomic E-state index is 0.0822. The summed E-state index contributed by atoms with van der Waals surface area (Å²) < 4.78 is 7.35. The summed E-state index contributed by atoms with van der Waals surface area (Å²) in [5.74, 6) is 2.52. The highest BCUT2D eigenvalue weighted by Gasteiger charge is 2.21. The van der Waals surface area contributed by atoms with Gasteiger partial charge in [0, 0.05) is 32.0 Å². The lowest BCUT2D eigenvalue weighted by atomic mass is 9.98. The molecule has 0 radical (unpaired) electrons. The van der Waals surface area contributed by atoms with Crippen LogP contribution in [0.4, 0.5) is 0 Å². The molecule has 1 unspecified atom stereocenters. The molecule has 2 aromatic rings. The van der Waals surface area contributed by atoms with E-state index >= 15 is 0 Å². The van der Waals surface area contributed by atoms with E-state index in [0.717, 1.165) is 49.9 Å². The molecule has 1 fully saturated rings. The van der Waals surface area contributed by atoms with Crippen LogP contribution < -0.4 is 10.1 Å². The maximum absolute atomic E-state index is 12.3. The van der Waals surface area contributed by atoms with Crippen LogP contribution in [0.3, 0.4) is 0 Å². The first-order valence-electron chi connectivity index (χ1n) is 9.80. The van der Waals surface area contributed by atoms with Gasteiger partial charge in [0.25, 0.3) is 0 Å². The van der Waals surface area contributed by atoms with E-state index < -0.39 is 0 Å². The Labute approximate surface area is 161 Å². The number of imidazole rings is 1. The molecule has 1 amide bonds. The predicted molar refractivity (Wildman–Crippen MR) is 106 cm³/mol. The Morgan fingerprint density at radius 3 is 2.89 bits per heavy atom. The van der Waals surface area contributed by atoms with Crippen molar-refractivity contribution in [2.24, 2.45) is 5.92 Å². The molecule has 1 N–H and O–H groups in total. The number of ether oxygens (including phenoxy) is 1. The van der Waals surface area contributed by atoms with Crippen LogP contribution in [0.2, 0.25) is 0 Å². The number of rotatable bonds is 8. The SMILES string of the molecule is CCn1ccnc1CN1CCCC(CNC(=O)Cc2ccc(OC)cc2)C1. The molecule has 0 aliphatic carbocycles. The molecule has 27 heavy (non-hydrogen) atoms. The number of likely N-dealkylation sites (tertiary alicyclic amines) is 1. The Hall–Kier alpha value is -2.34. The maximum Gasteiger partial charge on any atom is 0.224 e. The van der Waals surface area contributed by atoms with Crippen LogP contribution in [0.25, 0.3) is 0 Å². The van der Waals surface area contributed by atoms with Crippen molar-refractivity contribution in [2.45, 2.75) is 39.3 Å². The van der Waals surface area contributed by atoms with Crippen molar-refractivity contribution >= 4 is 5.91 Å². The van der Waals surface area contributed by atoms with Gasteiger partial charge in [-0.2, -0.15) is 0 Å². The summed E-state index contributed by atoms with van der Waals surface area (Å²) in [4.78, 5) is 19.2. The van der Waals surface area contributed by atoms with Crippen LogP contribution in [0.5, 0.6) is 5.75 Å². The van der Waals surface area contributed by atoms with Crippen molar-refractivity contribution in [1.29, 1.82) is 0 Å². The van der Waals surface area contributed by atoms with Crippen LogP contribution >= 0.6 is 0 Å². The number of carbonyl (C=O) groups is 1. The summed E-state index contributed by atoms with van der Waals surface area (Å²) in [6.45, 7) is 6.84. The second-order valence-corrected chi connectivity index (χ2v) is 7.20. The van der Waals surface area contributed by atoms with E-state index in [1.54, 1.807) is 7.11 Å². The Bertz CT molecular complexity index is 726. The number of aromatic nitrogens is 2. The highest BCUT2D eigenvalue weighted by Crippen LogP contribution is 2.18. The van der Waals surface area contributed by atoms with Crippen molar-refractivity contribution in [3.8, 4) is 5.75 Å². The van der Waals surface area contributed by atoms with Crippen LogP contribution in [-0.2, 0) is 24.3 Å². The van der Waals surface area contributed by atoms with Gasteiger partial charge in [-0.1, -0.05) is 12.1 Å². The molecule has 146 valence electrons. The Kier molecular flexibility index (Phi) is 6.87. The summed E-state index contributed by atoms with van der Waals surface area (Å²) in [6, 6.07) is 7.66. The number of hydrogen-bond acceptors (Lipinski definition) is 4. The fourth-order valence-electron chi connectivity index (χ4n) is 3.69. The number of piperidine rings is 1. The van der Waals surface area contributed by atoms with Gasteiger partial charge < -0.3 is 14.6 Å². The van der Waals surface area contributed by atoms with Crippen molar-refractivity contribution in [1.82, 2.24) is 19.8 Å². The molecular weight excluding hydrogens is 340 g/mol.